The van der Waals surface area contributed by atoms with Crippen molar-refractivity contribution in [1.82, 2.24) is 0 Å². The molecule has 0 aliphatic rings. The molecule has 0 heterocycles. The standard InChI is InChI=1S/C15H26O3Si/c1-5-15(14-12-10-9-11-13-14)19(16-6-2,17-7-3)18-8-4/h9-13,15H,5-8H2,1-4H3. The lowest BCUT2D eigenvalue weighted by Crippen LogP contribution is -2.51. The average Bonchev–Trinajstić information content (AvgIpc) is 2.41. The van der Waals surface area contributed by atoms with Gasteiger partial charge in [-0.1, -0.05) is 37.3 Å². The molecule has 0 aromatic heterocycles. The van der Waals surface area contributed by atoms with Gasteiger partial charge in [0.1, 0.15) is 0 Å². The molecule has 4 heteroatoms. The summed E-state index contributed by atoms with van der Waals surface area (Å²) in [5.41, 5.74) is 1.44. The highest BCUT2D eigenvalue weighted by molar-refractivity contribution is 6.62. The first-order valence-electron chi connectivity index (χ1n) is 7.20. The zero-order valence-corrected chi connectivity index (χ0v) is 13.5. The van der Waals surface area contributed by atoms with Gasteiger partial charge in [0.2, 0.25) is 0 Å². The molecule has 0 saturated carbocycles. The van der Waals surface area contributed by atoms with E-state index in [2.05, 4.69) is 31.2 Å². The molecule has 3 nitrogen and oxygen atoms in total. The van der Waals surface area contributed by atoms with E-state index >= 15 is 0 Å². The van der Waals surface area contributed by atoms with Crippen LogP contribution in [-0.4, -0.2) is 28.6 Å². The van der Waals surface area contributed by atoms with Gasteiger partial charge >= 0.3 is 8.80 Å². The predicted molar refractivity (Wildman–Crippen MR) is 80.1 cm³/mol. The fraction of sp³-hybridized carbons (Fsp3) is 0.600. The Hall–Kier alpha value is -0.683. The summed E-state index contributed by atoms with van der Waals surface area (Å²) in [4.78, 5) is 0. The largest absolute Gasteiger partial charge is 0.508 e. The molecule has 1 atom stereocenters. The van der Waals surface area contributed by atoms with E-state index in [9.17, 15) is 0 Å². The van der Waals surface area contributed by atoms with Crippen molar-refractivity contribution in [3.63, 3.8) is 0 Å². The van der Waals surface area contributed by atoms with Crippen LogP contribution in [0.2, 0.25) is 0 Å². The van der Waals surface area contributed by atoms with Crippen molar-refractivity contribution in [2.75, 3.05) is 19.8 Å². The second-order valence-corrected chi connectivity index (χ2v) is 7.04. The summed E-state index contributed by atoms with van der Waals surface area (Å²) >= 11 is 0. The number of hydrogen-bond acceptors (Lipinski definition) is 3. The monoisotopic (exact) mass is 282 g/mol. The molecule has 0 aliphatic carbocycles. The summed E-state index contributed by atoms with van der Waals surface area (Å²) < 4.78 is 18.0. The molecule has 0 bridgehead atoms. The van der Waals surface area contributed by atoms with Crippen LogP contribution in [0.1, 0.15) is 45.2 Å². The molecule has 0 amide bonds. The molecule has 1 unspecified atom stereocenters. The molecule has 19 heavy (non-hydrogen) atoms. The smallest absolute Gasteiger partial charge is 0.373 e. The second-order valence-electron chi connectivity index (χ2n) is 4.27. The van der Waals surface area contributed by atoms with Crippen LogP contribution < -0.4 is 0 Å². The molecular formula is C15H26O3Si. The maximum atomic E-state index is 6.01. The molecule has 0 radical (unpaired) electrons. The van der Waals surface area contributed by atoms with Gasteiger partial charge in [-0.25, -0.2) is 0 Å². The zero-order valence-electron chi connectivity index (χ0n) is 12.5. The van der Waals surface area contributed by atoms with Crippen LogP contribution in [-0.2, 0) is 13.3 Å². The van der Waals surface area contributed by atoms with Crippen molar-refractivity contribution in [1.29, 1.82) is 0 Å². The lowest BCUT2D eigenvalue weighted by Gasteiger charge is -2.35. The van der Waals surface area contributed by atoms with Gasteiger partial charge in [-0.2, -0.15) is 0 Å². The number of hydrogen-bond donors (Lipinski definition) is 0. The molecule has 108 valence electrons. The normalized spacial score (nSPS) is 13.5. The Bertz CT molecular complexity index is 325. The molecule has 0 fully saturated rings. The van der Waals surface area contributed by atoms with Crippen molar-refractivity contribution >= 4 is 8.80 Å². The topological polar surface area (TPSA) is 27.7 Å². The summed E-state index contributed by atoms with van der Waals surface area (Å²) in [6.07, 6.45) is 0.955. The van der Waals surface area contributed by atoms with Gasteiger partial charge < -0.3 is 13.3 Å². The van der Waals surface area contributed by atoms with Crippen molar-refractivity contribution in [2.45, 2.75) is 39.7 Å². The van der Waals surface area contributed by atoms with Crippen LogP contribution >= 0.6 is 0 Å². The Morgan fingerprint density at radius 1 is 0.842 bits per heavy atom. The highest BCUT2D eigenvalue weighted by Crippen LogP contribution is 2.32. The summed E-state index contributed by atoms with van der Waals surface area (Å²) in [5.74, 6) is 0. The summed E-state index contributed by atoms with van der Waals surface area (Å²) in [6.45, 7) is 10.0. The minimum atomic E-state index is -2.67. The van der Waals surface area contributed by atoms with Gasteiger partial charge in [-0.15, -0.1) is 0 Å². The first kappa shape index (κ1) is 16.4. The van der Waals surface area contributed by atoms with Crippen LogP contribution in [0.3, 0.4) is 0 Å². The summed E-state index contributed by atoms with van der Waals surface area (Å²) in [5, 5.41) is 0. The molecule has 1 aromatic rings. The van der Waals surface area contributed by atoms with E-state index in [1.165, 1.54) is 5.56 Å². The predicted octanol–water partition coefficient (Wildman–Crippen LogP) is 3.77. The van der Waals surface area contributed by atoms with Crippen LogP contribution in [0, 0.1) is 0 Å². The summed E-state index contributed by atoms with van der Waals surface area (Å²) in [7, 11) is -2.67. The van der Waals surface area contributed by atoms with Crippen LogP contribution in [0.5, 0.6) is 0 Å². The Kier molecular flexibility index (Phi) is 7.31. The van der Waals surface area contributed by atoms with Gasteiger partial charge in [0.15, 0.2) is 0 Å². The molecule has 1 rings (SSSR count). The second kappa shape index (κ2) is 8.48. The molecule has 0 N–H and O–H groups in total. The van der Waals surface area contributed by atoms with E-state index in [1.54, 1.807) is 0 Å². The number of rotatable bonds is 9. The van der Waals surface area contributed by atoms with Crippen LogP contribution in [0.15, 0.2) is 30.3 Å². The molecule has 1 aromatic carbocycles. The van der Waals surface area contributed by atoms with Crippen LogP contribution in [0.25, 0.3) is 0 Å². The highest BCUT2D eigenvalue weighted by atomic mass is 28.4. The lowest BCUT2D eigenvalue weighted by atomic mass is 10.1. The van der Waals surface area contributed by atoms with Crippen molar-refractivity contribution < 1.29 is 13.3 Å². The summed E-state index contributed by atoms with van der Waals surface area (Å²) in [6, 6.07) is 10.4. The van der Waals surface area contributed by atoms with Gasteiger partial charge in [0.25, 0.3) is 0 Å². The minimum absolute atomic E-state index is 0.202. The van der Waals surface area contributed by atoms with E-state index in [0.29, 0.717) is 19.8 Å². The SMILES string of the molecule is CCO[Si](OCC)(OCC)C(CC)c1ccccc1. The van der Waals surface area contributed by atoms with Crippen molar-refractivity contribution in [2.24, 2.45) is 0 Å². The van der Waals surface area contributed by atoms with Gasteiger partial charge in [-0.05, 0) is 32.8 Å². The Labute approximate surface area is 118 Å². The van der Waals surface area contributed by atoms with E-state index in [0.717, 1.165) is 6.42 Å². The first-order chi connectivity index (χ1) is 9.24. The third-order valence-electron chi connectivity index (χ3n) is 3.07. The molecule has 0 spiro atoms. The zero-order chi connectivity index (χ0) is 14.1. The van der Waals surface area contributed by atoms with Crippen molar-refractivity contribution in [3.05, 3.63) is 35.9 Å². The van der Waals surface area contributed by atoms with Gasteiger partial charge in [0.05, 0.1) is 5.54 Å². The average molecular weight is 282 g/mol. The van der Waals surface area contributed by atoms with E-state index < -0.39 is 8.80 Å². The fourth-order valence-electron chi connectivity index (χ4n) is 2.41. The Balaban J connectivity index is 3.10. The minimum Gasteiger partial charge on any atom is -0.373 e. The fourth-order valence-corrected chi connectivity index (χ4v) is 5.57. The van der Waals surface area contributed by atoms with Crippen LogP contribution in [0.4, 0.5) is 0 Å². The highest BCUT2D eigenvalue weighted by Gasteiger charge is 2.48. The van der Waals surface area contributed by atoms with E-state index in [1.807, 2.05) is 26.8 Å². The maximum absolute atomic E-state index is 6.01. The third kappa shape index (κ3) is 4.14. The Morgan fingerprint density at radius 3 is 1.68 bits per heavy atom. The van der Waals surface area contributed by atoms with E-state index in [-0.39, 0.29) is 5.54 Å². The van der Waals surface area contributed by atoms with Crippen molar-refractivity contribution in [3.8, 4) is 0 Å². The third-order valence-corrected chi connectivity index (χ3v) is 6.74. The quantitative estimate of drug-likeness (QED) is 0.645. The van der Waals surface area contributed by atoms with E-state index in [4.69, 9.17) is 13.3 Å². The molecule has 0 saturated heterocycles. The van der Waals surface area contributed by atoms with Gasteiger partial charge in [-0.3, -0.25) is 0 Å². The first-order valence-corrected chi connectivity index (χ1v) is 9.01. The molecule has 0 aliphatic heterocycles. The maximum Gasteiger partial charge on any atom is 0.508 e. The Morgan fingerprint density at radius 2 is 1.32 bits per heavy atom. The molecular weight excluding hydrogens is 256 g/mol. The lowest BCUT2D eigenvalue weighted by molar-refractivity contribution is 0.0611. The van der Waals surface area contributed by atoms with Gasteiger partial charge in [0, 0.05) is 19.8 Å². The number of benzene rings is 1.